The minimum absolute atomic E-state index is 0. The van der Waals surface area contributed by atoms with Crippen molar-refractivity contribution in [3.8, 4) is 0 Å². The Labute approximate surface area is 90.3 Å². The number of esters is 2. The number of carbonyl (C=O) groups is 2. The van der Waals surface area contributed by atoms with Crippen molar-refractivity contribution in [2.45, 2.75) is 11.7 Å². The first-order valence-corrected chi connectivity index (χ1v) is 4.12. The van der Waals surface area contributed by atoms with Gasteiger partial charge in [-0.15, -0.1) is 0 Å². The number of cyclic esters (lactones) is 2. The predicted molar refractivity (Wildman–Crippen MR) is 38.2 cm³/mol. The molecular weight excluding hydrogens is 199 g/mol. The molecule has 0 saturated carbocycles. The van der Waals surface area contributed by atoms with Crippen LogP contribution in [0.3, 0.4) is 0 Å². The molecule has 0 amide bonds. The molecule has 0 radical (unpaired) electrons. The maximum absolute atomic E-state index is 10.4. The summed E-state index contributed by atoms with van der Waals surface area (Å²) in [5.41, 5.74) is 0. The van der Waals surface area contributed by atoms with E-state index in [1.54, 1.807) is 0 Å². The van der Waals surface area contributed by atoms with Gasteiger partial charge in [0, 0.05) is 0 Å². The van der Waals surface area contributed by atoms with Gasteiger partial charge in [-0.05, 0) is 0 Å². The third-order valence-corrected chi connectivity index (χ3v) is 2.27. The van der Waals surface area contributed by atoms with Crippen molar-refractivity contribution < 1.29 is 27.3 Å². The zero-order chi connectivity index (χ0) is 8.65. The summed E-state index contributed by atoms with van der Waals surface area (Å²) >= 11 is 0. The molecule has 12 heavy (non-hydrogen) atoms. The first-order chi connectivity index (χ1) is 4.91. The minimum atomic E-state index is -4.48. The van der Waals surface area contributed by atoms with Crippen LogP contribution in [0.4, 0.5) is 0 Å². The van der Waals surface area contributed by atoms with Crippen LogP contribution in [0.25, 0.3) is 0 Å². The molecule has 0 aliphatic carbocycles. The molecule has 1 atom stereocenters. The van der Waals surface area contributed by atoms with Crippen LogP contribution in [0, 0.1) is 0 Å². The zero-order valence-corrected chi connectivity index (χ0v) is 6.00. The third-order valence-electron chi connectivity index (χ3n) is 1.19. The molecule has 1 saturated heterocycles. The van der Waals surface area contributed by atoms with Gasteiger partial charge in [-0.25, -0.2) is 0 Å². The Morgan fingerprint density at radius 2 is 1.92 bits per heavy atom. The fraction of sp³-hybridized carbons (Fsp3) is 0.500. The summed E-state index contributed by atoms with van der Waals surface area (Å²) < 4.78 is 32.8. The van der Waals surface area contributed by atoms with E-state index in [1.807, 2.05) is 0 Å². The molecule has 6 nitrogen and oxygen atoms in total. The molecule has 0 aromatic rings. The summed E-state index contributed by atoms with van der Waals surface area (Å²) in [4.78, 5) is 20.7. The predicted octanol–water partition coefficient (Wildman–Crippen LogP) is -1.93. The SMILES string of the molecule is O=C1CC(S(=O)(=O)O)C(=O)O1.[NaH]. The van der Waals surface area contributed by atoms with Crippen LogP contribution in [0.5, 0.6) is 0 Å². The number of ether oxygens (including phenoxy) is 1. The summed E-state index contributed by atoms with van der Waals surface area (Å²) in [6, 6.07) is 0. The van der Waals surface area contributed by atoms with Crippen LogP contribution < -0.4 is 0 Å². The average Bonchev–Trinajstić information content (AvgIpc) is 2.08. The maximum atomic E-state index is 10.4. The van der Waals surface area contributed by atoms with Crippen molar-refractivity contribution >= 4 is 51.6 Å². The van der Waals surface area contributed by atoms with E-state index in [9.17, 15) is 18.0 Å². The molecule has 1 aliphatic heterocycles. The Kier molecular flexibility index (Phi) is 3.86. The van der Waals surface area contributed by atoms with Crippen LogP contribution in [-0.2, 0) is 24.4 Å². The van der Waals surface area contributed by atoms with Crippen molar-refractivity contribution in [2.75, 3.05) is 0 Å². The van der Waals surface area contributed by atoms with E-state index in [-0.39, 0.29) is 29.6 Å². The summed E-state index contributed by atoms with van der Waals surface area (Å²) in [6.45, 7) is 0. The van der Waals surface area contributed by atoms with Gasteiger partial charge in [-0.2, -0.15) is 8.42 Å². The Bertz CT molecular complexity index is 306. The van der Waals surface area contributed by atoms with Gasteiger partial charge >= 0.3 is 41.5 Å². The van der Waals surface area contributed by atoms with Crippen LogP contribution in [0.15, 0.2) is 0 Å². The van der Waals surface area contributed by atoms with Crippen LogP contribution in [-0.4, -0.2) is 59.7 Å². The van der Waals surface area contributed by atoms with Gasteiger partial charge in [0.25, 0.3) is 10.1 Å². The van der Waals surface area contributed by atoms with Gasteiger partial charge in [-0.1, -0.05) is 0 Å². The number of hydrogen-bond donors (Lipinski definition) is 1. The van der Waals surface area contributed by atoms with Crippen LogP contribution in [0.1, 0.15) is 6.42 Å². The van der Waals surface area contributed by atoms with Crippen LogP contribution in [0.2, 0.25) is 0 Å². The van der Waals surface area contributed by atoms with Gasteiger partial charge in [0.1, 0.15) is 0 Å². The molecule has 1 fully saturated rings. The molecule has 1 N–H and O–H groups in total. The fourth-order valence-electron chi connectivity index (χ4n) is 0.681. The van der Waals surface area contributed by atoms with Gasteiger partial charge in [0.05, 0.1) is 6.42 Å². The second-order valence-corrected chi connectivity index (χ2v) is 3.60. The van der Waals surface area contributed by atoms with E-state index in [2.05, 4.69) is 4.74 Å². The van der Waals surface area contributed by atoms with Crippen molar-refractivity contribution in [1.82, 2.24) is 0 Å². The van der Waals surface area contributed by atoms with E-state index in [4.69, 9.17) is 4.55 Å². The van der Waals surface area contributed by atoms with Crippen molar-refractivity contribution in [2.24, 2.45) is 0 Å². The number of rotatable bonds is 1. The van der Waals surface area contributed by atoms with E-state index < -0.39 is 33.7 Å². The topological polar surface area (TPSA) is 97.7 Å². The number of carbonyl (C=O) groups excluding carboxylic acids is 2. The third kappa shape index (κ3) is 2.53. The second-order valence-electron chi connectivity index (χ2n) is 2.00. The quantitative estimate of drug-likeness (QED) is 0.231. The zero-order valence-electron chi connectivity index (χ0n) is 5.18. The first-order valence-electron chi connectivity index (χ1n) is 2.62. The van der Waals surface area contributed by atoms with E-state index in [0.29, 0.717) is 0 Å². The molecule has 0 spiro atoms. The summed E-state index contributed by atoms with van der Waals surface area (Å²) in [5, 5.41) is -1.73. The number of hydrogen-bond acceptors (Lipinski definition) is 5. The second kappa shape index (κ2) is 3.84. The summed E-state index contributed by atoms with van der Waals surface area (Å²) in [6.07, 6.45) is -0.600. The normalized spacial score (nSPS) is 23.2. The van der Waals surface area contributed by atoms with E-state index in [0.717, 1.165) is 0 Å². The van der Waals surface area contributed by atoms with E-state index >= 15 is 0 Å². The summed E-state index contributed by atoms with van der Waals surface area (Å²) in [7, 11) is -4.48. The molecule has 1 aliphatic rings. The van der Waals surface area contributed by atoms with Gasteiger partial charge in [0.15, 0.2) is 5.25 Å². The van der Waals surface area contributed by atoms with Crippen molar-refractivity contribution in [1.29, 1.82) is 0 Å². The van der Waals surface area contributed by atoms with E-state index in [1.165, 1.54) is 0 Å². The molecule has 0 aromatic heterocycles. The molecular formula is C4H5NaO6S. The van der Waals surface area contributed by atoms with Gasteiger partial charge in [-0.3, -0.25) is 14.1 Å². The molecule has 8 heteroatoms. The van der Waals surface area contributed by atoms with Gasteiger partial charge < -0.3 is 4.74 Å². The fourth-order valence-corrected chi connectivity index (χ4v) is 1.32. The molecule has 0 aromatic carbocycles. The molecule has 1 unspecified atom stereocenters. The Hall–Kier alpha value is 0.0500. The molecule has 1 heterocycles. The van der Waals surface area contributed by atoms with Crippen LogP contribution >= 0.6 is 0 Å². The standard InChI is InChI=1S/C4H4O6S.Na.H/c5-3-1-2(4(6)10-3)11(7,8)9;;/h2H,1H2,(H,7,8,9);;. The molecule has 64 valence electrons. The summed E-state index contributed by atoms with van der Waals surface area (Å²) in [5.74, 6) is -2.14. The van der Waals surface area contributed by atoms with Gasteiger partial charge in [0.2, 0.25) is 0 Å². The van der Waals surface area contributed by atoms with Crippen molar-refractivity contribution in [3.05, 3.63) is 0 Å². The Morgan fingerprint density at radius 1 is 1.42 bits per heavy atom. The molecule has 0 bridgehead atoms. The Morgan fingerprint density at radius 3 is 2.08 bits per heavy atom. The Balaban J connectivity index is 0.00000121. The van der Waals surface area contributed by atoms with Crippen molar-refractivity contribution in [3.63, 3.8) is 0 Å². The molecule has 1 rings (SSSR count). The average molecular weight is 204 g/mol. The monoisotopic (exact) mass is 204 g/mol. The first kappa shape index (κ1) is 12.0.